The van der Waals surface area contributed by atoms with Crippen LogP contribution in [0, 0.1) is 5.82 Å². The lowest BCUT2D eigenvalue weighted by molar-refractivity contribution is -0.0799. The molecule has 33 heavy (non-hydrogen) atoms. The number of hydrogen-bond acceptors (Lipinski definition) is 10. The maximum atomic E-state index is 14.9. The summed E-state index contributed by atoms with van der Waals surface area (Å²) in [5.41, 5.74) is 1.78. The van der Waals surface area contributed by atoms with E-state index in [4.69, 9.17) is 9.57 Å². The number of pyridine rings is 2. The Hall–Kier alpha value is -3.00. The number of aromatic carboxylic acids is 1. The zero-order chi connectivity index (χ0) is 22.9. The molecule has 2 aliphatic heterocycles. The average molecular weight is 476 g/mol. The van der Waals surface area contributed by atoms with Crippen molar-refractivity contribution in [2.75, 3.05) is 31.2 Å². The number of nitrogens with zero attached hydrogens (tertiary/aromatic N) is 5. The van der Waals surface area contributed by atoms with E-state index in [1.807, 2.05) is 0 Å². The molecule has 3 aromatic rings. The first-order valence-corrected chi connectivity index (χ1v) is 11.3. The van der Waals surface area contributed by atoms with E-state index in [2.05, 4.69) is 19.8 Å². The van der Waals surface area contributed by atoms with Crippen molar-refractivity contribution in [2.45, 2.75) is 31.4 Å². The summed E-state index contributed by atoms with van der Waals surface area (Å²) < 4.78 is 25.8. The van der Waals surface area contributed by atoms with Gasteiger partial charge in [0.25, 0.3) is 0 Å². The molecule has 0 aromatic carbocycles. The number of carbonyl (C=O) groups is 1. The fraction of sp³-hybridized carbons (Fsp3) is 0.450. The monoisotopic (exact) mass is 476 g/mol. The summed E-state index contributed by atoms with van der Waals surface area (Å²) in [6, 6.07) is 1.02. The number of ether oxygens (including phenoxy) is 1. The van der Waals surface area contributed by atoms with E-state index in [9.17, 15) is 19.1 Å². The van der Waals surface area contributed by atoms with E-state index in [0.717, 1.165) is 49.7 Å². The summed E-state index contributed by atoms with van der Waals surface area (Å²) in [5.74, 6) is -2.06. The Bertz CT molecular complexity index is 1220. The summed E-state index contributed by atoms with van der Waals surface area (Å²) in [7, 11) is 0. The lowest BCUT2D eigenvalue weighted by atomic mass is 10.1. The summed E-state index contributed by atoms with van der Waals surface area (Å²) in [4.78, 5) is 39.9. The number of carboxylic acid groups (broad SMARTS) is 1. The van der Waals surface area contributed by atoms with Gasteiger partial charge in [-0.1, -0.05) is 0 Å². The minimum atomic E-state index is -1.42. The van der Waals surface area contributed by atoms with Crippen molar-refractivity contribution in [1.29, 1.82) is 0 Å². The number of nitrogens with one attached hydrogen (secondary N) is 1. The van der Waals surface area contributed by atoms with Crippen LogP contribution in [0.4, 0.5) is 10.2 Å². The number of fused-ring (bicyclic) bond motifs is 1. The Kier molecular flexibility index (Phi) is 6.01. The van der Waals surface area contributed by atoms with Crippen LogP contribution in [-0.2, 0) is 9.57 Å². The molecule has 5 heterocycles. The molecule has 0 aliphatic carbocycles. The van der Waals surface area contributed by atoms with E-state index in [1.165, 1.54) is 10.9 Å². The van der Waals surface area contributed by atoms with E-state index >= 15 is 0 Å². The number of hydrogen-bond donors (Lipinski definition) is 2. The smallest absolute Gasteiger partial charge is 0.341 e. The van der Waals surface area contributed by atoms with Gasteiger partial charge in [-0.05, 0) is 25.3 Å². The molecule has 0 spiro atoms. The normalized spacial score (nSPS) is 19.1. The zero-order valence-electron chi connectivity index (χ0n) is 17.4. The quantitative estimate of drug-likeness (QED) is 0.482. The van der Waals surface area contributed by atoms with Gasteiger partial charge in [0, 0.05) is 37.4 Å². The third kappa shape index (κ3) is 4.31. The third-order valence-electron chi connectivity index (χ3n) is 5.67. The first-order valence-electron chi connectivity index (χ1n) is 10.5. The highest BCUT2D eigenvalue weighted by atomic mass is 32.1. The summed E-state index contributed by atoms with van der Waals surface area (Å²) in [6.45, 7) is 2.13. The molecule has 0 radical (unpaired) electrons. The molecule has 5 rings (SSSR count). The van der Waals surface area contributed by atoms with Crippen molar-refractivity contribution in [3.8, 4) is 5.13 Å². The predicted molar refractivity (Wildman–Crippen MR) is 116 cm³/mol. The second-order valence-corrected chi connectivity index (χ2v) is 8.71. The molecule has 2 saturated heterocycles. The summed E-state index contributed by atoms with van der Waals surface area (Å²) >= 11 is 0.999. The molecule has 0 bridgehead atoms. The van der Waals surface area contributed by atoms with E-state index in [-0.39, 0.29) is 29.0 Å². The van der Waals surface area contributed by atoms with Crippen LogP contribution in [-0.4, -0.2) is 68.4 Å². The molecular formula is C20H21FN6O5S. The molecule has 0 unspecified atom stereocenters. The molecular weight excluding hydrogens is 455 g/mol. The predicted octanol–water partition coefficient (Wildman–Crippen LogP) is 1.35. The van der Waals surface area contributed by atoms with Gasteiger partial charge in [-0.3, -0.25) is 14.2 Å². The Morgan fingerprint density at radius 1 is 1.39 bits per heavy atom. The lowest BCUT2D eigenvalue weighted by Crippen LogP contribution is -2.58. The van der Waals surface area contributed by atoms with Crippen molar-refractivity contribution < 1.29 is 23.9 Å². The Labute approximate surface area is 190 Å². The fourth-order valence-corrected chi connectivity index (χ4v) is 4.44. The molecule has 2 aliphatic rings. The number of anilines is 1. The highest BCUT2D eigenvalue weighted by molar-refractivity contribution is 7.08. The fourth-order valence-electron chi connectivity index (χ4n) is 3.93. The summed E-state index contributed by atoms with van der Waals surface area (Å²) in [5, 5.41) is 9.57. The first kappa shape index (κ1) is 21.8. The zero-order valence-corrected chi connectivity index (χ0v) is 18.3. The second kappa shape index (κ2) is 9.09. The maximum absolute atomic E-state index is 14.9. The van der Waals surface area contributed by atoms with Crippen LogP contribution in [0.1, 0.15) is 29.6 Å². The third-order valence-corrected chi connectivity index (χ3v) is 6.34. The van der Waals surface area contributed by atoms with Gasteiger partial charge < -0.3 is 14.7 Å². The number of hydroxylamine groups is 1. The minimum Gasteiger partial charge on any atom is -0.477 e. The topological polar surface area (TPSA) is 132 Å². The lowest BCUT2D eigenvalue weighted by Gasteiger charge is -2.40. The molecule has 2 N–H and O–H groups in total. The van der Waals surface area contributed by atoms with Crippen LogP contribution in [0.25, 0.3) is 16.2 Å². The molecule has 11 nitrogen and oxygen atoms in total. The Morgan fingerprint density at radius 2 is 2.24 bits per heavy atom. The molecule has 3 aromatic heterocycles. The van der Waals surface area contributed by atoms with Crippen LogP contribution in [0.2, 0.25) is 0 Å². The van der Waals surface area contributed by atoms with Gasteiger partial charge in [0.05, 0.1) is 24.1 Å². The van der Waals surface area contributed by atoms with Crippen LogP contribution in [0.3, 0.4) is 0 Å². The van der Waals surface area contributed by atoms with Gasteiger partial charge in [0.1, 0.15) is 11.9 Å². The van der Waals surface area contributed by atoms with Gasteiger partial charge >= 0.3 is 5.97 Å². The number of carboxylic acids is 1. The number of rotatable bonds is 7. The highest BCUT2D eigenvalue weighted by Crippen LogP contribution is 2.27. The van der Waals surface area contributed by atoms with E-state index in [1.54, 1.807) is 4.90 Å². The van der Waals surface area contributed by atoms with Crippen molar-refractivity contribution >= 4 is 34.4 Å². The molecule has 174 valence electrons. The Balaban J connectivity index is 1.36. The van der Waals surface area contributed by atoms with Crippen molar-refractivity contribution in [3.63, 3.8) is 0 Å². The Morgan fingerprint density at radius 3 is 2.94 bits per heavy atom. The minimum absolute atomic E-state index is 0.00905. The average Bonchev–Trinajstić information content (AvgIpc) is 3.31. The summed E-state index contributed by atoms with van der Waals surface area (Å²) in [6.07, 6.45) is 5.73. The van der Waals surface area contributed by atoms with Gasteiger partial charge in [0.2, 0.25) is 10.6 Å². The van der Waals surface area contributed by atoms with Crippen molar-refractivity contribution in [3.05, 3.63) is 40.2 Å². The first-order chi connectivity index (χ1) is 16.0. The van der Waals surface area contributed by atoms with Gasteiger partial charge in [-0.15, -0.1) is 0 Å². The SMILES string of the molecule is O=C(O)c1cn(-c2ncns2)c2nc(N3CC(NOC[C@@H]4CCCCO4)C3)c(F)cc2c1=O. The number of halogens is 1. The second-order valence-electron chi connectivity index (χ2n) is 7.96. The van der Waals surface area contributed by atoms with Crippen LogP contribution in [0.5, 0.6) is 0 Å². The van der Waals surface area contributed by atoms with Crippen LogP contribution < -0.4 is 15.8 Å². The number of aromatic nitrogens is 4. The van der Waals surface area contributed by atoms with Gasteiger partial charge in [0.15, 0.2) is 17.3 Å². The maximum Gasteiger partial charge on any atom is 0.341 e. The van der Waals surface area contributed by atoms with Gasteiger partial charge in [-0.25, -0.2) is 19.2 Å². The van der Waals surface area contributed by atoms with E-state index < -0.39 is 22.8 Å². The van der Waals surface area contributed by atoms with E-state index in [0.29, 0.717) is 24.8 Å². The van der Waals surface area contributed by atoms with Crippen molar-refractivity contribution in [2.24, 2.45) is 0 Å². The van der Waals surface area contributed by atoms with Crippen molar-refractivity contribution in [1.82, 2.24) is 24.4 Å². The van der Waals surface area contributed by atoms with Crippen LogP contribution >= 0.6 is 11.5 Å². The molecule has 1 atom stereocenters. The highest BCUT2D eigenvalue weighted by Gasteiger charge is 2.31. The largest absolute Gasteiger partial charge is 0.477 e. The standard InChI is InChI=1S/C20H21FN6O5S/c21-15-5-13-16(28)14(19(29)30)8-27(20-22-10-23-33-20)17(13)24-18(15)26-6-11(7-26)25-32-9-12-3-1-2-4-31-12/h5,8,10-12,25H,1-4,6-7,9H2,(H,29,30)/t12-/m0/s1. The molecule has 0 saturated carbocycles. The molecule has 13 heteroatoms. The van der Waals surface area contributed by atoms with Crippen LogP contribution in [0.15, 0.2) is 23.4 Å². The molecule has 2 fully saturated rings. The van der Waals surface area contributed by atoms with Gasteiger partial charge in [-0.2, -0.15) is 9.85 Å². The molecule has 0 amide bonds.